The fourth-order valence-electron chi connectivity index (χ4n) is 1.41. The lowest BCUT2D eigenvalue weighted by atomic mass is 9.99. The van der Waals surface area contributed by atoms with Gasteiger partial charge >= 0.3 is 12.1 Å². The van der Waals surface area contributed by atoms with Crippen LogP contribution in [-0.2, 0) is 11.0 Å². The average Bonchev–Trinajstić information content (AvgIpc) is 2.34. The standard InChI is InChI=1S/C11H14F3N3O2/c1-3-6(2)8(9(18)19)17-10-15-5-4-7(16-10)11(12,13)14/h4-6,8H,3H2,1-2H3,(H,18,19)(H,15,16,17)/t6-,8-/m0/s1. The Kier molecular flexibility index (Phi) is 4.68. The van der Waals surface area contributed by atoms with Gasteiger partial charge in [0.15, 0.2) is 0 Å². The van der Waals surface area contributed by atoms with E-state index in [9.17, 15) is 18.0 Å². The van der Waals surface area contributed by atoms with Crippen LogP contribution in [0.1, 0.15) is 26.0 Å². The molecule has 19 heavy (non-hydrogen) atoms. The maximum Gasteiger partial charge on any atom is 0.433 e. The van der Waals surface area contributed by atoms with Crippen molar-refractivity contribution < 1.29 is 23.1 Å². The fraction of sp³-hybridized carbons (Fsp3) is 0.545. The van der Waals surface area contributed by atoms with Crippen LogP contribution < -0.4 is 5.32 Å². The van der Waals surface area contributed by atoms with Crippen molar-refractivity contribution in [3.63, 3.8) is 0 Å². The zero-order valence-electron chi connectivity index (χ0n) is 10.4. The van der Waals surface area contributed by atoms with Gasteiger partial charge in [-0.15, -0.1) is 0 Å². The Hall–Kier alpha value is -1.86. The third-order valence-electron chi connectivity index (χ3n) is 2.71. The summed E-state index contributed by atoms with van der Waals surface area (Å²) in [4.78, 5) is 17.9. The van der Waals surface area contributed by atoms with Crippen molar-refractivity contribution in [3.05, 3.63) is 18.0 Å². The van der Waals surface area contributed by atoms with Gasteiger partial charge in [-0.25, -0.2) is 14.8 Å². The van der Waals surface area contributed by atoms with Crippen LogP contribution in [0.3, 0.4) is 0 Å². The molecule has 1 rings (SSSR count). The number of anilines is 1. The van der Waals surface area contributed by atoms with Gasteiger partial charge in [-0.3, -0.25) is 0 Å². The molecule has 0 aliphatic heterocycles. The summed E-state index contributed by atoms with van der Waals surface area (Å²) in [6, 6.07) is -0.307. The molecular weight excluding hydrogens is 263 g/mol. The maximum atomic E-state index is 12.5. The molecule has 0 spiro atoms. The number of nitrogens with one attached hydrogen (secondary N) is 1. The van der Waals surface area contributed by atoms with E-state index in [1.807, 2.05) is 0 Å². The Morgan fingerprint density at radius 3 is 2.63 bits per heavy atom. The molecule has 0 unspecified atom stereocenters. The van der Waals surface area contributed by atoms with Gasteiger partial charge in [-0.05, 0) is 12.0 Å². The monoisotopic (exact) mass is 277 g/mol. The molecule has 0 bridgehead atoms. The van der Waals surface area contributed by atoms with Crippen molar-refractivity contribution in [1.82, 2.24) is 9.97 Å². The summed E-state index contributed by atoms with van der Waals surface area (Å²) in [5.74, 6) is -1.77. The third-order valence-corrected chi connectivity index (χ3v) is 2.71. The molecule has 0 fully saturated rings. The van der Waals surface area contributed by atoms with Crippen molar-refractivity contribution in [1.29, 1.82) is 0 Å². The molecule has 8 heteroatoms. The SMILES string of the molecule is CC[C@H](C)[C@H](Nc1nccc(C(F)(F)F)n1)C(=O)O. The van der Waals surface area contributed by atoms with E-state index < -0.39 is 23.9 Å². The number of carboxylic acid groups (broad SMARTS) is 1. The molecule has 0 aliphatic carbocycles. The van der Waals surface area contributed by atoms with Crippen LogP contribution in [0, 0.1) is 5.92 Å². The van der Waals surface area contributed by atoms with E-state index in [1.54, 1.807) is 13.8 Å². The van der Waals surface area contributed by atoms with Crippen molar-refractivity contribution in [2.24, 2.45) is 5.92 Å². The minimum Gasteiger partial charge on any atom is -0.480 e. The van der Waals surface area contributed by atoms with Gasteiger partial charge in [0.25, 0.3) is 0 Å². The second-order valence-corrected chi connectivity index (χ2v) is 4.11. The number of carboxylic acids is 1. The summed E-state index contributed by atoms with van der Waals surface area (Å²) in [5, 5.41) is 11.4. The van der Waals surface area contributed by atoms with Crippen LogP contribution in [0.4, 0.5) is 19.1 Å². The molecule has 0 radical (unpaired) electrons. The van der Waals surface area contributed by atoms with Crippen molar-refractivity contribution >= 4 is 11.9 Å². The first kappa shape index (κ1) is 15.2. The predicted octanol–water partition coefficient (Wildman–Crippen LogP) is 2.41. The van der Waals surface area contributed by atoms with Crippen molar-refractivity contribution in [3.8, 4) is 0 Å². The lowest BCUT2D eigenvalue weighted by molar-refractivity contribution is -0.141. The number of halogens is 3. The van der Waals surface area contributed by atoms with Crippen LogP contribution in [0.25, 0.3) is 0 Å². The molecule has 106 valence electrons. The number of hydrogen-bond acceptors (Lipinski definition) is 4. The number of aromatic nitrogens is 2. The van der Waals surface area contributed by atoms with Crippen LogP contribution in [-0.4, -0.2) is 27.1 Å². The quantitative estimate of drug-likeness (QED) is 0.864. The normalized spacial score (nSPS) is 14.8. The molecule has 2 atom stereocenters. The number of alkyl halides is 3. The van der Waals surface area contributed by atoms with Crippen LogP contribution >= 0.6 is 0 Å². The smallest absolute Gasteiger partial charge is 0.433 e. The predicted molar refractivity (Wildman–Crippen MR) is 61.5 cm³/mol. The molecule has 0 amide bonds. The summed E-state index contributed by atoms with van der Waals surface area (Å²) in [7, 11) is 0. The second-order valence-electron chi connectivity index (χ2n) is 4.11. The zero-order valence-corrected chi connectivity index (χ0v) is 10.4. The van der Waals surface area contributed by atoms with Gasteiger partial charge in [0, 0.05) is 6.20 Å². The first-order valence-corrected chi connectivity index (χ1v) is 5.65. The topological polar surface area (TPSA) is 75.1 Å². The van der Waals surface area contributed by atoms with E-state index in [4.69, 9.17) is 5.11 Å². The summed E-state index contributed by atoms with van der Waals surface area (Å²) in [5.41, 5.74) is -1.11. The van der Waals surface area contributed by atoms with Gasteiger partial charge < -0.3 is 10.4 Å². The van der Waals surface area contributed by atoms with Crippen LogP contribution in [0.5, 0.6) is 0 Å². The summed E-state index contributed by atoms with van der Waals surface area (Å²) < 4.78 is 37.4. The summed E-state index contributed by atoms with van der Waals surface area (Å²) >= 11 is 0. The molecule has 0 saturated heterocycles. The summed E-state index contributed by atoms with van der Waals surface area (Å²) in [6.07, 6.45) is -3.09. The second kappa shape index (κ2) is 5.85. The molecular formula is C11H14F3N3O2. The minimum atomic E-state index is -4.59. The molecule has 1 aromatic rings. The number of aliphatic carboxylic acids is 1. The van der Waals surface area contributed by atoms with Gasteiger partial charge in [0.2, 0.25) is 5.95 Å². The highest BCUT2D eigenvalue weighted by Gasteiger charge is 2.33. The molecule has 2 N–H and O–H groups in total. The average molecular weight is 277 g/mol. The molecule has 5 nitrogen and oxygen atoms in total. The Labute approximate surface area is 107 Å². The van der Waals surface area contributed by atoms with Crippen LogP contribution in [0.2, 0.25) is 0 Å². The Balaban J connectivity index is 2.95. The van der Waals surface area contributed by atoms with E-state index in [0.717, 1.165) is 12.3 Å². The molecule has 0 aromatic carbocycles. The fourth-order valence-corrected chi connectivity index (χ4v) is 1.41. The van der Waals surface area contributed by atoms with Crippen molar-refractivity contribution in [2.75, 3.05) is 5.32 Å². The van der Waals surface area contributed by atoms with E-state index in [2.05, 4.69) is 15.3 Å². The first-order valence-electron chi connectivity index (χ1n) is 5.65. The van der Waals surface area contributed by atoms with E-state index in [-0.39, 0.29) is 11.9 Å². The van der Waals surface area contributed by atoms with Gasteiger partial charge in [0.05, 0.1) is 0 Å². The summed E-state index contributed by atoms with van der Waals surface area (Å²) in [6.45, 7) is 3.47. The minimum absolute atomic E-state index is 0.268. The Morgan fingerprint density at radius 1 is 1.53 bits per heavy atom. The molecule has 1 heterocycles. The van der Waals surface area contributed by atoms with Gasteiger partial charge in [-0.2, -0.15) is 13.2 Å². The molecule has 1 aromatic heterocycles. The lowest BCUT2D eigenvalue weighted by Gasteiger charge is -2.20. The Bertz CT molecular complexity index is 451. The highest BCUT2D eigenvalue weighted by atomic mass is 19.4. The third kappa shape index (κ3) is 4.08. The molecule has 0 saturated carbocycles. The van der Waals surface area contributed by atoms with Gasteiger partial charge in [0.1, 0.15) is 11.7 Å². The Morgan fingerprint density at radius 2 is 2.16 bits per heavy atom. The number of rotatable bonds is 5. The lowest BCUT2D eigenvalue weighted by Crippen LogP contribution is -2.36. The number of hydrogen-bond donors (Lipinski definition) is 2. The maximum absolute atomic E-state index is 12.5. The van der Waals surface area contributed by atoms with Crippen molar-refractivity contribution in [2.45, 2.75) is 32.5 Å². The van der Waals surface area contributed by atoms with E-state index in [0.29, 0.717) is 6.42 Å². The van der Waals surface area contributed by atoms with E-state index >= 15 is 0 Å². The molecule has 0 aliphatic rings. The largest absolute Gasteiger partial charge is 0.480 e. The first-order chi connectivity index (χ1) is 8.75. The highest BCUT2D eigenvalue weighted by molar-refractivity contribution is 5.76. The highest BCUT2D eigenvalue weighted by Crippen LogP contribution is 2.27. The zero-order chi connectivity index (χ0) is 14.6. The van der Waals surface area contributed by atoms with Crippen LogP contribution in [0.15, 0.2) is 12.3 Å². The van der Waals surface area contributed by atoms with Gasteiger partial charge in [-0.1, -0.05) is 20.3 Å². The number of carbonyl (C=O) groups is 1. The number of nitrogens with zero attached hydrogens (tertiary/aromatic N) is 2. The van der Waals surface area contributed by atoms with E-state index in [1.165, 1.54) is 0 Å².